The van der Waals surface area contributed by atoms with Crippen LogP contribution in [0.4, 0.5) is 18.0 Å². The zero-order valence-electron chi connectivity index (χ0n) is 13.5. The van der Waals surface area contributed by atoms with Gasteiger partial charge in [-0.15, -0.1) is 0 Å². The van der Waals surface area contributed by atoms with Crippen molar-refractivity contribution in [1.29, 1.82) is 0 Å². The van der Waals surface area contributed by atoms with E-state index in [1.54, 1.807) is 12.1 Å². The molecule has 1 amide bonds. The highest BCUT2D eigenvalue weighted by molar-refractivity contribution is 5.69. The van der Waals surface area contributed by atoms with Crippen molar-refractivity contribution in [2.75, 3.05) is 13.2 Å². The Morgan fingerprint density at radius 2 is 1.84 bits per heavy atom. The van der Waals surface area contributed by atoms with Gasteiger partial charge in [0.2, 0.25) is 0 Å². The summed E-state index contributed by atoms with van der Waals surface area (Å²) in [5.41, 5.74) is 0.792. The van der Waals surface area contributed by atoms with E-state index in [1.165, 1.54) is 4.90 Å². The van der Waals surface area contributed by atoms with Gasteiger partial charge in [0.05, 0.1) is 37.3 Å². The largest absolute Gasteiger partial charge is 0.445 e. The maximum Gasteiger partial charge on any atom is 0.410 e. The lowest BCUT2D eigenvalue weighted by Gasteiger charge is -2.39. The predicted octanol–water partition coefficient (Wildman–Crippen LogP) is 2.73. The molecule has 2 heterocycles. The van der Waals surface area contributed by atoms with Crippen LogP contribution in [0.3, 0.4) is 0 Å². The molecule has 4 atom stereocenters. The molecule has 0 aliphatic carbocycles. The minimum Gasteiger partial charge on any atom is -0.445 e. The highest BCUT2D eigenvalue weighted by Crippen LogP contribution is 2.39. The van der Waals surface area contributed by atoms with Gasteiger partial charge in [0.1, 0.15) is 6.61 Å². The van der Waals surface area contributed by atoms with E-state index >= 15 is 0 Å². The van der Waals surface area contributed by atoms with E-state index in [0.29, 0.717) is 0 Å². The van der Waals surface area contributed by atoms with Gasteiger partial charge in [-0.3, -0.25) is 4.90 Å². The zero-order valence-corrected chi connectivity index (χ0v) is 13.5. The lowest BCUT2D eigenvalue weighted by atomic mass is 9.93. The van der Waals surface area contributed by atoms with Crippen LogP contribution in [0.2, 0.25) is 0 Å². The minimum absolute atomic E-state index is 0.0102. The number of carbonyl (C=O) groups excluding carboxylic acids is 1. The molecule has 138 valence electrons. The molecule has 8 heteroatoms. The first-order valence-corrected chi connectivity index (χ1v) is 8.18. The van der Waals surface area contributed by atoms with E-state index in [9.17, 15) is 23.1 Å². The SMILES string of the molecule is O=C(OCc1ccccc1)N1C2COCC1CC(C(F)(F)F)C(O)C2. The van der Waals surface area contributed by atoms with Crippen molar-refractivity contribution in [2.24, 2.45) is 5.92 Å². The zero-order chi connectivity index (χ0) is 18.0. The normalized spacial score (nSPS) is 29.8. The third kappa shape index (κ3) is 4.07. The molecule has 2 aliphatic rings. The quantitative estimate of drug-likeness (QED) is 0.882. The summed E-state index contributed by atoms with van der Waals surface area (Å²) in [4.78, 5) is 13.8. The first-order valence-electron chi connectivity index (χ1n) is 8.18. The Morgan fingerprint density at radius 3 is 2.48 bits per heavy atom. The summed E-state index contributed by atoms with van der Waals surface area (Å²) in [5, 5.41) is 9.98. The number of hydrogen-bond donors (Lipinski definition) is 1. The molecule has 25 heavy (non-hydrogen) atoms. The van der Waals surface area contributed by atoms with E-state index in [0.717, 1.165) is 5.56 Å². The molecule has 0 saturated carbocycles. The number of ether oxygens (including phenoxy) is 2. The van der Waals surface area contributed by atoms with E-state index in [-0.39, 0.29) is 32.7 Å². The molecule has 4 unspecified atom stereocenters. The number of carbonyl (C=O) groups is 1. The fraction of sp³-hybridized carbons (Fsp3) is 0.588. The Hall–Kier alpha value is -1.80. The van der Waals surface area contributed by atoms with Crippen LogP contribution in [-0.2, 0) is 16.1 Å². The number of aliphatic hydroxyl groups excluding tert-OH is 1. The van der Waals surface area contributed by atoms with E-state index in [4.69, 9.17) is 9.47 Å². The van der Waals surface area contributed by atoms with Crippen molar-refractivity contribution >= 4 is 6.09 Å². The van der Waals surface area contributed by atoms with Crippen LogP contribution in [-0.4, -0.2) is 53.7 Å². The standard InChI is InChI=1S/C17H20F3NO4/c18-17(19,20)14-6-12-9-24-10-13(7-15(14)22)21(12)16(23)25-8-11-4-2-1-3-5-11/h1-5,12-15,22H,6-10H2. The number of benzene rings is 1. The number of fused-ring (bicyclic) bond motifs is 2. The van der Waals surface area contributed by atoms with Crippen molar-refractivity contribution in [3.05, 3.63) is 35.9 Å². The molecule has 1 aromatic rings. The highest BCUT2D eigenvalue weighted by atomic mass is 19.4. The summed E-state index contributed by atoms with van der Waals surface area (Å²) in [6.45, 7) is 0.149. The van der Waals surface area contributed by atoms with Crippen LogP contribution in [0, 0.1) is 5.92 Å². The number of hydrogen-bond acceptors (Lipinski definition) is 4. The van der Waals surface area contributed by atoms with Gasteiger partial charge < -0.3 is 14.6 Å². The molecule has 2 bridgehead atoms. The van der Waals surface area contributed by atoms with Crippen LogP contribution in [0.15, 0.2) is 30.3 Å². The second kappa shape index (κ2) is 7.21. The molecule has 2 fully saturated rings. The molecular formula is C17H20F3NO4. The second-order valence-electron chi connectivity index (χ2n) is 6.48. The van der Waals surface area contributed by atoms with Crippen molar-refractivity contribution in [3.63, 3.8) is 0 Å². The lowest BCUT2D eigenvalue weighted by molar-refractivity contribution is -0.202. The third-order valence-electron chi connectivity index (χ3n) is 4.75. The van der Waals surface area contributed by atoms with Crippen LogP contribution < -0.4 is 0 Å². The monoisotopic (exact) mass is 359 g/mol. The summed E-state index contributed by atoms with van der Waals surface area (Å²) in [7, 11) is 0. The Kier molecular flexibility index (Phi) is 5.19. The molecule has 5 nitrogen and oxygen atoms in total. The molecule has 0 radical (unpaired) electrons. The van der Waals surface area contributed by atoms with Gasteiger partial charge in [-0.25, -0.2) is 4.79 Å². The number of morpholine rings is 1. The van der Waals surface area contributed by atoms with Gasteiger partial charge in [-0.1, -0.05) is 30.3 Å². The fourth-order valence-electron chi connectivity index (χ4n) is 3.50. The van der Waals surface area contributed by atoms with Crippen molar-refractivity contribution in [2.45, 2.75) is 43.8 Å². The van der Waals surface area contributed by atoms with E-state index in [1.807, 2.05) is 18.2 Å². The van der Waals surface area contributed by atoms with Gasteiger partial charge in [-0.2, -0.15) is 13.2 Å². The molecule has 2 saturated heterocycles. The summed E-state index contributed by atoms with van der Waals surface area (Å²) in [6, 6.07) is 7.66. The molecule has 1 aromatic carbocycles. The first-order chi connectivity index (χ1) is 11.9. The minimum atomic E-state index is -4.52. The van der Waals surface area contributed by atoms with E-state index in [2.05, 4.69) is 0 Å². The topological polar surface area (TPSA) is 59.0 Å². The van der Waals surface area contributed by atoms with Crippen molar-refractivity contribution in [3.8, 4) is 0 Å². The Bertz CT molecular complexity index is 595. The number of alkyl halides is 3. The number of rotatable bonds is 2. The van der Waals surface area contributed by atoms with Crippen LogP contribution in [0.1, 0.15) is 18.4 Å². The third-order valence-corrected chi connectivity index (χ3v) is 4.75. The molecule has 0 spiro atoms. The van der Waals surface area contributed by atoms with E-state index < -0.39 is 36.4 Å². The van der Waals surface area contributed by atoms with Crippen LogP contribution in [0.5, 0.6) is 0 Å². The molecular weight excluding hydrogens is 339 g/mol. The smallest absolute Gasteiger partial charge is 0.410 e. The number of halogens is 3. The maximum atomic E-state index is 13.2. The summed E-state index contributed by atoms with van der Waals surface area (Å²) >= 11 is 0. The van der Waals surface area contributed by atoms with Gasteiger partial charge in [0.15, 0.2) is 0 Å². The maximum absolute atomic E-state index is 13.2. The molecule has 3 rings (SSSR count). The number of amides is 1. The first kappa shape index (κ1) is 18.0. The Labute approximate surface area is 143 Å². The average Bonchev–Trinajstić information content (AvgIpc) is 2.65. The Morgan fingerprint density at radius 1 is 1.20 bits per heavy atom. The molecule has 0 aromatic heterocycles. The average molecular weight is 359 g/mol. The Balaban J connectivity index is 1.72. The molecule has 1 N–H and O–H groups in total. The van der Waals surface area contributed by atoms with Gasteiger partial charge in [0, 0.05) is 0 Å². The van der Waals surface area contributed by atoms with Crippen LogP contribution >= 0.6 is 0 Å². The van der Waals surface area contributed by atoms with Gasteiger partial charge >= 0.3 is 12.3 Å². The summed E-state index contributed by atoms with van der Waals surface area (Å²) < 4.78 is 50.2. The van der Waals surface area contributed by atoms with Gasteiger partial charge in [-0.05, 0) is 18.4 Å². The summed E-state index contributed by atoms with van der Waals surface area (Å²) in [5.74, 6) is -1.87. The van der Waals surface area contributed by atoms with Crippen molar-refractivity contribution < 1.29 is 32.5 Å². The summed E-state index contributed by atoms with van der Waals surface area (Å²) in [6.07, 6.45) is -7.31. The second-order valence-corrected chi connectivity index (χ2v) is 6.48. The molecule has 2 aliphatic heterocycles. The lowest BCUT2D eigenvalue weighted by Crippen LogP contribution is -2.54. The highest BCUT2D eigenvalue weighted by Gasteiger charge is 2.51. The van der Waals surface area contributed by atoms with Crippen molar-refractivity contribution in [1.82, 2.24) is 4.90 Å². The number of nitrogens with zero attached hydrogens (tertiary/aromatic N) is 1. The number of aliphatic hydroxyl groups is 1. The fourth-order valence-corrected chi connectivity index (χ4v) is 3.50. The predicted molar refractivity (Wildman–Crippen MR) is 81.6 cm³/mol. The van der Waals surface area contributed by atoms with Gasteiger partial charge in [0.25, 0.3) is 0 Å². The van der Waals surface area contributed by atoms with Crippen LogP contribution in [0.25, 0.3) is 0 Å².